The fourth-order valence-corrected chi connectivity index (χ4v) is 2.58. The Labute approximate surface area is 111 Å². The second-order valence-electron chi connectivity index (χ2n) is 5.17. The topological polar surface area (TPSA) is 92.4 Å². The number of carbonyl (C=O) groups is 2. The molecule has 0 radical (unpaired) electrons. The van der Waals surface area contributed by atoms with E-state index in [0.717, 1.165) is 12.8 Å². The van der Waals surface area contributed by atoms with Gasteiger partial charge in [-0.2, -0.15) is 0 Å². The number of amides is 1. The van der Waals surface area contributed by atoms with Crippen molar-refractivity contribution >= 4 is 11.9 Å². The number of aliphatic carboxylic acids is 1. The Morgan fingerprint density at radius 2 is 2.16 bits per heavy atom. The first kappa shape index (κ1) is 13.6. The number of nitrogens with one attached hydrogen (secondary N) is 1. The maximum absolute atomic E-state index is 11.9. The van der Waals surface area contributed by atoms with Crippen LogP contribution in [0.15, 0.2) is 10.6 Å². The minimum atomic E-state index is -0.871. The van der Waals surface area contributed by atoms with Crippen molar-refractivity contribution in [3.8, 4) is 0 Å². The van der Waals surface area contributed by atoms with Gasteiger partial charge in [-0.15, -0.1) is 0 Å². The van der Waals surface area contributed by atoms with Gasteiger partial charge in [-0.3, -0.25) is 9.59 Å². The zero-order valence-corrected chi connectivity index (χ0v) is 10.9. The molecular weight excluding hydrogens is 248 g/mol. The molecule has 1 heterocycles. The Morgan fingerprint density at radius 1 is 1.47 bits per heavy atom. The van der Waals surface area contributed by atoms with Crippen molar-refractivity contribution in [3.05, 3.63) is 17.5 Å². The Hall–Kier alpha value is -1.85. The van der Waals surface area contributed by atoms with Gasteiger partial charge in [0.05, 0.1) is 12.0 Å². The fourth-order valence-electron chi connectivity index (χ4n) is 2.58. The summed E-state index contributed by atoms with van der Waals surface area (Å²) in [4.78, 5) is 23.2. The number of carbonyl (C=O) groups excluding carboxylic acids is 1. The van der Waals surface area contributed by atoms with Crippen LogP contribution in [0, 0.1) is 12.3 Å². The third-order valence-corrected chi connectivity index (χ3v) is 3.66. The number of aryl methyl sites for hydroxylation is 1. The Bertz CT molecular complexity index is 475. The number of aromatic nitrogens is 1. The second-order valence-corrected chi connectivity index (χ2v) is 5.17. The average Bonchev–Trinajstić information content (AvgIpc) is 2.97. The van der Waals surface area contributed by atoms with Crippen LogP contribution in [-0.2, 0) is 16.1 Å². The maximum atomic E-state index is 11.9. The molecule has 1 aromatic heterocycles. The molecule has 19 heavy (non-hydrogen) atoms. The standard InChI is InChI=1S/C13H18N2O4/c1-9-6-10(15-19-9)8-14-11(16)7-13(12(17)18)4-2-3-5-13/h6H,2-5,7-8H2,1H3,(H,14,16)(H,17,18). The van der Waals surface area contributed by atoms with E-state index in [1.807, 2.05) is 0 Å². The van der Waals surface area contributed by atoms with Crippen LogP contribution in [0.4, 0.5) is 0 Å². The van der Waals surface area contributed by atoms with Crippen LogP contribution >= 0.6 is 0 Å². The molecule has 0 aromatic carbocycles. The minimum absolute atomic E-state index is 0.0408. The van der Waals surface area contributed by atoms with Gasteiger partial charge in [-0.1, -0.05) is 18.0 Å². The van der Waals surface area contributed by atoms with Crippen LogP contribution in [-0.4, -0.2) is 22.1 Å². The highest BCUT2D eigenvalue weighted by molar-refractivity contribution is 5.85. The van der Waals surface area contributed by atoms with Gasteiger partial charge in [0.1, 0.15) is 11.5 Å². The normalized spacial score (nSPS) is 17.3. The molecule has 2 N–H and O–H groups in total. The minimum Gasteiger partial charge on any atom is -0.481 e. The molecule has 0 unspecified atom stereocenters. The van der Waals surface area contributed by atoms with Crippen LogP contribution in [0.25, 0.3) is 0 Å². The maximum Gasteiger partial charge on any atom is 0.310 e. The third-order valence-electron chi connectivity index (χ3n) is 3.66. The number of hydrogen-bond acceptors (Lipinski definition) is 4. The Morgan fingerprint density at radius 3 is 2.68 bits per heavy atom. The molecular formula is C13H18N2O4. The van der Waals surface area contributed by atoms with E-state index in [1.165, 1.54) is 0 Å². The van der Waals surface area contributed by atoms with E-state index in [2.05, 4.69) is 10.5 Å². The monoisotopic (exact) mass is 266 g/mol. The molecule has 1 aromatic rings. The van der Waals surface area contributed by atoms with Crippen molar-refractivity contribution in [2.24, 2.45) is 5.41 Å². The van der Waals surface area contributed by atoms with Crippen molar-refractivity contribution in [1.29, 1.82) is 0 Å². The molecule has 1 amide bonds. The summed E-state index contributed by atoms with van der Waals surface area (Å²) in [6.45, 7) is 2.04. The quantitative estimate of drug-likeness (QED) is 0.845. The lowest BCUT2D eigenvalue weighted by Gasteiger charge is -2.22. The van der Waals surface area contributed by atoms with E-state index in [4.69, 9.17) is 4.52 Å². The SMILES string of the molecule is Cc1cc(CNC(=O)CC2(C(=O)O)CCCC2)no1. The van der Waals surface area contributed by atoms with Gasteiger partial charge in [-0.05, 0) is 19.8 Å². The van der Waals surface area contributed by atoms with E-state index in [1.54, 1.807) is 13.0 Å². The van der Waals surface area contributed by atoms with Crippen LogP contribution in [0.5, 0.6) is 0 Å². The second kappa shape index (κ2) is 5.42. The summed E-state index contributed by atoms with van der Waals surface area (Å²) in [6, 6.07) is 1.74. The summed E-state index contributed by atoms with van der Waals surface area (Å²) in [6.07, 6.45) is 2.96. The van der Waals surface area contributed by atoms with Crippen molar-refractivity contribution in [1.82, 2.24) is 10.5 Å². The van der Waals surface area contributed by atoms with Crippen molar-refractivity contribution in [2.75, 3.05) is 0 Å². The lowest BCUT2D eigenvalue weighted by atomic mass is 9.82. The number of hydrogen-bond donors (Lipinski definition) is 2. The summed E-state index contributed by atoms with van der Waals surface area (Å²) in [7, 11) is 0. The molecule has 1 saturated carbocycles. The van der Waals surface area contributed by atoms with Crippen LogP contribution < -0.4 is 5.32 Å². The molecule has 104 valence electrons. The Kier molecular flexibility index (Phi) is 3.87. The number of rotatable bonds is 5. The predicted molar refractivity (Wildman–Crippen MR) is 66.2 cm³/mol. The number of carboxylic acids is 1. The first-order valence-corrected chi connectivity index (χ1v) is 6.44. The van der Waals surface area contributed by atoms with E-state index in [9.17, 15) is 14.7 Å². The molecule has 6 heteroatoms. The summed E-state index contributed by atoms with van der Waals surface area (Å²) < 4.78 is 4.89. The number of nitrogens with zero attached hydrogens (tertiary/aromatic N) is 1. The molecule has 0 spiro atoms. The molecule has 1 aliphatic rings. The largest absolute Gasteiger partial charge is 0.481 e. The van der Waals surface area contributed by atoms with Crippen molar-refractivity contribution < 1.29 is 19.2 Å². The molecule has 1 fully saturated rings. The van der Waals surface area contributed by atoms with Crippen molar-refractivity contribution in [3.63, 3.8) is 0 Å². The average molecular weight is 266 g/mol. The van der Waals surface area contributed by atoms with E-state index in [0.29, 0.717) is 24.3 Å². The zero-order chi connectivity index (χ0) is 13.9. The Balaban J connectivity index is 1.88. The molecule has 0 bridgehead atoms. The first-order chi connectivity index (χ1) is 9.02. The van der Waals surface area contributed by atoms with Gasteiger partial charge in [0.15, 0.2) is 0 Å². The lowest BCUT2D eigenvalue weighted by Crippen LogP contribution is -2.35. The van der Waals surface area contributed by atoms with Gasteiger partial charge >= 0.3 is 5.97 Å². The molecule has 6 nitrogen and oxygen atoms in total. The molecule has 2 rings (SSSR count). The fraction of sp³-hybridized carbons (Fsp3) is 0.615. The van der Waals surface area contributed by atoms with Crippen LogP contribution in [0.3, 0.4) is 0 Å². The van der Waals surface area contributed by atoms with E-state index < -0.39 is 11.4 Å². The molecule has 0 saturated heterocycles. The summed E-state index contributed by atoms with van der Waals surface area (Å²) in [5.74, 6) is -0.426. The highest BCUT2D eigenvalue weighted by atomic mass is 16.5. The highest BCUT2D eigenvalue weighted by Crippen LogP contribution is 2.41. The van der Waals surface area contributed by atoms with Gasteiger partial charge in [0.25, 0.3) is 0 Å². The first-order valence-electron chi connectivity index (χ1n) is 6.44. The van der Waals surface area contributed by atoms with Crippen LogP contribution in [0.1, 0.15) is 43.6 Å². The lowest BCUT2D eigenvalue weighted by molar-refractivity contribution is -0.151. The molecule has 0 aliphatic heterocycles. The van der Waals surface area contributed by atoms with Crippen LogP contribution in [0.2, 0.25) is 0 Å². The highest BCUT2D eigenvalue weighted by Gasteiger charge is 2.42. The predicted octanol–water partition coefficient (Wildman–Crippen LogP) is 1.63. The van der Waals surface area contributed by atoms with Gasteiger partial charge in [0.2, 0.25) is 5.91 Å². The van der Waals surface area contributed by atoms with E-state index in [-0.39, 0.29) is 18.9 Å². The third kappa shape index (κ3) is 3.13. The van der Waals surface area contributed by atoms with E-state index >= 15 is 0 Å². The summed E-state index contributed by atoms with van der Waals surface area (Å²) >= 11 is 0. The molecule has 1 aliphatic carbocycles. The smallest absolute Gasteiger partial charge is 0.310 e. The molecule has 0 atom stereocenters. The van der Waals surface area contributed by atoms with Gasteiger partial charge < -0.3 is 14.9 Å². The van der Waals surface area contributed by atoms with Gasteiger partial charge in [-0.25, -0.2) is 0 Å². The summed E-state index contributed by atoms with van der Waals surface area (Å²) in [5, 5.41) is 15.8. The summed E-state index contributed by atoms with van der Waals surface area (Å²) in [5.41, 5.74) is -0.231. The number of carboxylic acid groups (broad SMARTS) is 1. The zero-order valence-electron chi connectivity index (χ0n) is 10.9. The van der Waals surface area contributed by atoms with Gasteiger partial charge in [0, 0.05) is 12.5 Å². The van der Waals surface area contributed by atoms with Crippen molar-refractivity contribution in [2.45, 2.75) is 45.6 Å².